The Morgan fingerprint density at radius 3 is 2.85 bits per heavy atom. The molecular weight excluding hydrogens is 164 g/mol. The lowest BCUT2D eigenvalue weighted by Crippen LogP contribution is -2.32. The van der Waals surface area contributed by atoms with Crippen LogP contribution in [0.15, 0.2) is 0 Å². The van der Waals surface area contributed by atoms with Gasteiger partial charge in [-0.1, -0.05) is 0 Å². The van der Waals surface area contributed by atoms with E-state index in [2.05, 4.69) is 17.3 Å². The Hall–Kier alpha value is -0.570. The zero-order valence-electron chi connectivity index (χ0n) is 8.31. The predicted molar refractivity (Wildman–Crippen MR) is 51.4 cm³/mol. The SMILES string of the molecule is CN1CCCC2(CCNC2=O)CC1. The molecule has 2 aliphatic rings. The second kappa shape index (κ2) is 3.29. The second-order valence-corrected chi connectivity index (χ2v) is 4.44. The first-order valence-electron chi connectivity index (χ1n) is 5.20. The number of likely N-dealkylation sites (tertiary alicyclic amines) is 1. The number of amides is 1. The maximum Gasteiger partial charge on any atom is 0.226 e. The van der Waals surface area contributed by atoms with Crippen LogP contribution in [0.4, 0.5) is 0 Å². The standard InChI is InChI=1S/C10H18N2O/c1-12-7-2-3-10(5-8-12)4-6-11-9(10)13/h2-8H2,1H3,(H,11,13). The van der Waals surface area contributed by atoms with Crippen LogP contribution < -0.4 is 5.32 Å². The van der Waals surface area contributed by atoms with Crippen LogP contribution in [0.25, 0.3) is 0 Å². The van der Waals surface area contributed by atoms with Crippen LogP contribution in [0.2, 0.25) is 0 Å². The van der Waals surface area contributed by atoms with Gasteiger partial charge in [0.25, 0.3) is 0 Å². The minimum absolute atomic E-state index is 0.00472. The van der Waals surface area contributed by atoms with Crippen molar-refractivity contribution in [2.75, 3.05) is 26.7 Å². The van der Waals surface area contributed by atoms with Gasteiger partial charge >= 0.3 is 0 Å². The van der Waals surface area contributed by atoms with E-state index in [-0.39, 0.29) is 5.41 Å². The highest BCUT2D eigenvalue weighted by molar-refractivity contribution is 5.84. The summed E-state index contributed by atoms with van der Waals surface area (Å²) < 4.78 is 0. The van der Waals surface area contributed by atoms with Gasteiger partial charge < -0.3 is 10.2 Å². The van der Waals surface area contributed by atoms with Gasteiger partial charge in [0.1, 0.15) is 0 Å². The quantitative estimate of drug-likeness (QED) is 0.595. The van der Waals surface area contributed by atoms with Gasteiger partial charge in [0.2, 0.25) is 5.91 Å². The normalized spacial score (nSPS) is 36.2. The molecule has 0 aromatic rings. The van der Waals surface area contributed by atoms with E-state index in [1.807, 2.05) is 0 Å². The number of hydrogen-bond acceptors (Lipinski definition) is 2. The second-order valence-electron chi connectivity index (χ2n) is 4.44. The lowest BCUT2D eigenvalue weighted by atomic mass is 9.79. The molecule has 0 aliphatic carbocycles. The van der Waals surface area contributed by atoms with Gasteiger partial charge in [0.05, 0.1) is 5.41 Å². The van der Waals surface area contributed by atoms with Crippen LogP contribution >= 0.6 is 0 Å². The Balaban J connectivity index is 2.09. The molecule has 1 spiro atoms. The average Bonchev–Trinajstić information content (AvgIpc) is 2.32. The summed E-state index contributed by atoms with van der Waals surface area (Å²) in [5, 5.41) is 2.97. The molecule has 2 heterocycles. The monoisotopic (exact) mass is 182 g/mol. The Labute approximate surface area is 79.5 Å². The molecule has 0 bridgehead atoms. The largest absolute Gasteiger partial charge is 0.356 e. The molecule has 2 fully saturated rings. The summed E-state index contributed by atoms with van der Waals surface area (Å²) in [6, 6.07) is 0. The van der Waals surface area contributed by atoms with Crippen LogP contribution in [-0.2, 0) is 4.79 Å². The van der Waals surface area contributed by atoms with Crippen molar-refractivity contribution < 1.29 is 4.79 Å². The summed E-state index contributed by atoms with van der Waals surface area (Å²) in [6.45, 7) is 3.12. The van der Waals surface area contributed by atoms with Gasteiger partial charge in [0.15, 0.2) is 0 Å². The van der Waals surface area contributed by atoms with Gasteiger partial charge in [-0.2, -0.15) is 0 Å². The Bertz CT molecular complexity index is 217. The third-order valence-corrected chi connectivity index (χ3v) is 3.54. The highest BCUT2D eigenvalue weighted by atomic mass is 16.2. The van der Waals surface area contributed by atoms with Crippen LogP contribution in [0.5, 0.6) is 0 Å². The maximum absolute atomic E-state index is 11.7. The number of nitrogens with zero attached hydrogens (tertiary/aromatic N) is 1. The highest BCUT2D eigenvalue weighted by Gasteiger charge is 2.42. The van der Waals surface area contributed by atoms with Crippen LogP contribution in [0, 0.1) is 5.41 Å². The summed E-state index contributed by atoms with van der Waals surface area (Å²) in [7, 11) is 2.14. The molecule has 1 N–H and O–H groups in total. The molecule has 1 unspecified atom stereocenters. The number of carbonyl (C=O) groups excluding carboxylic acids is 1. The lowest BCUT2D eigenvalue weighted by molar-refractivity contribution is -0.128. The number of hydrogen-bond donors (Lipinski definition) is 1. The van der Waals surface area contributed by atoms with Crippen molar-refractivity contribution in [3.8, 4) is 0 Å². The van der Waals surface area contributed by atoms with Gasteiger partial charge in [-0.25, -0.2) is 0 Å². The molecule has 13 heavy (non-hydrogen) atoms. The first kappa shape index (κ1) is 9.00. The van der Waals surface area contributed by atoms with Crippen LogP contribution in [0.1, 0.15) is 25.7 Å². The molecule has 3 nitrogen and oxygen atoms in total. The fourth-order valence-electron chi connectivity index (χ4n) is 2.52. The Morgan fingerprint density at radius 1 is 1.31 bits per heavy atom. The van der Waals surface area contributed by atoms with E-state index in [0.717, 1.165) is 38.9 Å². The molecule has 2 saturated heterocycles. The molecule has 2 aliphatic heterocycles. The maximum atomic E-state index is 11.7. The summed E-state index contributed by atoms with van der Waals surface area (Å²) >= 11 is 0. The Morgan fingerprint density at radius 2 is 2.15 bits per heavy atom. The molecule has 1 amide bonds. The highest BCUT2D eigenvalue weighted by Crippen LogP contribution is 2.37. The molecule has 2 rings (SSSR count). The first-order valence-corrected chi connectivity index (χ1v) is 5.20. The number of carbonyl (C=O) groups is 1. The topological polar surface area (TPSA) is 32.3 Å². The molecule has 0 saturated carbocycles. The van der Waals surface area contributed by atoms with Crippen molar-refractivity contribution in [1.29, 1.82) is 0 Å². The molecule has 74 valence electrons. The minimum Gasteiger partial charge on any atom is -0.356 e. The minimum atomic E-state index is 0.00472. The molecule has 0 radical (unpaired) electrons. The van der Waals surface area contributed by atoms with Crippen molar-refractivity contribution in [3.63, 3.8) is 0 Å². The zero-order valence-corrected chi connectivity index (χ0v) is 8.31. The molecule has 0 aromatic carbocycles. The Kier molecular flexibility index (Phi) is 2.28. The van der Waals surface area contributed by atoms with Gasteiger partial charge in [0, 0.05) is 6.54 Å². The summed E-state index contributed by atoms with van der Waals surface area (Å²) in [5.74, 6) is 0.308. The van der Waals surface area contributed by atoms with E-state index in [0.29, 0.717) is 5.91 Å². The molecule has 3 heteroatoms. The third kappa shape index (κ3) is 1.57. The van der Waals surface area contributed by atoms with Crippen molar-refractivity contribution >= 4 is 5.91 Å². The molecule has 1 atom stereocenters. The average molecular weight is 182 g/mol. The van der Waals surface area contributed by atoms with Crippen molar-refractivity contribution in [2.24, 2.45) is 5.41 Å². The van der Waals surface area contributed by atoms with Crippen molar-refractivity contribution in [1.82, 2.24) is 10.2 Å². The lowest BCUT2D eigenvalue weighted by Gasteiger charge is -2.23. The smallest absolute Gasteiger partial charge is 0.226 e. The first-order chi connectivity index (χ1) is 6.23. The molecule has 0 aromatic heterocycles. The summed E-state index contributed by atoms with van der Waals surface area (Å²) in [6.07, 6.45) is 4.36. The van der Waals surface area contributed by atoms with E-state index in [4.69, 9.17) is 0 Å². The number of nitrogens with one attached hydrogen (secondary N) is 1. The van der Waals surface area contributed by atoms with E-state index in [9.17, 15) is 4.79 Å². The predicted octanol–water partition coefficient (Wildman–Crippen LogP) is 0.608. The van der Waals surface area contributed by atoms with Gasteiger partial charge in [-0.3, -0.25) is 4.79 Å². The van der Waals surface area contributed by atoms with Crippen molar-refractivity contribution in [2.45, 2.75) is 25.7 Å². The zero-order chi connectivity index (χ0) is 9.31. The van der Waals surface area contributed by atoms with E-state index in [1.54, 1.807) is 0 Å². The van der Waals surface area contributed by atoms with Gasteiger partial charge in [-0.05, 0) is 45.8 Å². The fraction of sp³-hybridized carbons (Fsp3) is 0.900. The number of rotatable bonds is 0. The van der Waals surface area contributed by atoms with E-state index >= 15 is 0 Å². The van der Waals surface area contributed by atoms with Crippen LogP contribution in [0.3, 0.4) is 0 Å². The van der Waals surface area contributed by atoms with Gasteiger partial charge in [-0.15, -0.1) is 0 Å². The van der Waals surface area contributed by atoms with E-state index in [1.165, 1.54) is 6.42 Å². The van der Waals surface area contributed by atoms with E-state index < -0.39 is 0 Å². The van der Waals surface area contributed by atoms with Crippen molar-refractivity contribution in [3.05, 3.63) is 0 Å². The summed E-state index contributed by atoms with van der Waals surface area (Å²) in [4.78, 5) is 14.0. The fourth-order valence-corrected chi connectivity index (χ4v) is 2.52. The molecular formula is C10H18N2O. The third-order valence-electron chi connectivity index (χ3n) is 3.54. The van der Waals surface area contributed by atoms with Crippen LogP contribution in [-0.4, -0.2) is 37.5 Å². The summed E-state index contributed by atoms with van der Waals surface area (Å²) in [5.41, 5.74) is 0.00472.